The number of hydrogen-bond donors (Lipinski definition) is 0. The normalized spacial score (nSPS) is 13.3. The number of nitrogens with zero attached hydrogens (tertiary/aromatic N) is 4. The first-order chi connectivity index (χ1) is 14.7. The van der Waals surface area contributed by atoms with Crippen molar-refractivity contribution in [3.05, 3.63) is 68.3 Å². The molecule has 0 aliphatic heterocycles. The second-order valence-corrected chi connectivity index (χ2v) is 9.03. The smallest absolute Gasteiger partial charge is 0.312 e. The van der Waals surface area contributed by atoms with Crippen molar-refractivity contribution >= 4 is 33.6 Å². The summed E-state index contributed by atoms with van der Waals surface area (Å²) in [5, 5.41) is 2.66. The second kappa shape index (κ2) is 8.08. The number of aryl methyl sites for hydroxylation is 2. The van der Waals surface area contributed by atoms with Crippen LogP contribution in [0.5, 0.6) is 0 Å². The van der Waals surface area contributed by atoms with E-state index in [0.717, 1.165) is 41.9 Å². The number of ether oxygens (including phenoxy) is 1. The zero-order valence-electron chi connectivity index (χ0n) is 16.0. The van der Waals surface area contributed by atoms with Crippen LogP contribution in [0.4, 0.5) is 0 Å². The molecule has 0 unspecified atom stereocenters. The highest BCUT2D eigenvalue weighted by Gasteiger charge is 2.19. The highest BCUT2D eigenvalue weighted by atomic mass is 32.1. The number of carbonyl (C=O) groups is 1. The summed E-state index contributed by atoms with van der Waals surface area (Å²) < 4.78 is 7.07. The van der Waals surface area contributed by atoms with E-state index in [4.69, 9.17) is 4.74 Å². The van der Waals surface area contributed by atoms with Gasteiger partial charge in [-0.2, -0.15) is 0 Å². The van der Waals surface area contributed by atoms with Crippen molar-refractivity contribution in [3.63, 3.8) is 0 Å². The fourth-order valence-corrected chi connectivity index (χ4v) is 5.62. The maximum Gasteiger partial charge on any atom is 0.312 e. The molecule has 0 bridgehead atoms. The third-order valence-corrected chi connectivity index (χ3v) is 7.06. The van der Waals surface area contributed by atoms with E-state index < -0.39 is 5.97 Å². The molecule has 0 amide bonds. The van der Waals surface area contributed by atoms with Crippen LogP contribution in [0.15, 0.2) is 40.8 Å². The molecule has 0 saturated carbocycles. The Balaban J connectivity index is 1.26. The zero-order chi connectivity index (χ0) is 20.5. The lowest BCUT2D eigenvalue weighted by atomic mass is 10.0. The van der Waals surface area contributed by atoms with E-state index in [0.29, 0.717) is 16.3 Å². The Morgan fingerprint density at radius 2 is 2.10 bits per heavy atom. The first-order valence-electron chi connectivity index (χ1n) is 9.71. The lowest BCUT2D eigenvalue weighted by Crippen LogP contribution is -2.19. The number of esters is 1. The number of pyridine rings is 1. The number of carbonyl (C=O) groups excluding carboxylic acids is 1. The molecule has 0 saturated heterocycles. The zero-order valence-corrected chi connectivity index (χ0v) is 17.7. The largest absolute Gasteiger partial charge is 0.459 e. The molecule has 0 atom stereocenters. The summed E-state index contributed by atoms with van der Waals surface area (Å²) in [4.78, 5) is 39.9. The SMILES string of the molecule is O=C(Cc1csc(-c2cccnc2)n1)OCc1cc(=O)n2c3c(sc2n1)CCCC3. The predicted molar refractivity (Wildman–Crippen MR) is 115 cm³/mol. The second-order valence-electron chi connectivity index (χ2n) is 7.11. The van der Waals surface area contributed by atoms with Crippen molar-refractivity contribution in [2.45, 2.75) is 38.7 Å². The highest BCUT2D eigenvalue weighted by molar-refractivity contribution is 7.17. The Kier molecular flexibility index (Phi) is 5.14. The van der Waals surface area contributed by atoms with Gasteiger partial charge in [-0.1, -0.05) is 0 Å². The Hall–Kier alpha value is -2.91. The molecule has 1 aliphatic carbocycles. The molecule has 0 radical (unpaired) electrons. The van der Waals surface area contributed by atoms with Crippen molar-refractivity contribution in [2.24, 2.45) is 0 Å². The standard InChI is InChI=1S/C21H18N4O3S2/c26-18-8-14(24-21-25(18)16-5-1-2-6-17(16)30-21)11-28-19(27)9-15-12-29-20(23-15)13-4-3-7-22-10-13/h3-4,7-8,10,12H,1-2,5-6,9,11H2. The molecule has 5 rings (SSSR count). The Morgan fingerprint density at radius 3 is 2.97 bits per heavy atom. The van der Waals surface area contributed by atoms with Gasteiger partial charge in [-0.25, -0.2) is 9.97 Å². The fraction of sp³-hybridized carbons (Fsp3) is 0.286. The van der Waals surface area contributed by atoms with Gasteiger partial charge in [-0.05, 0) is 37.8 Å². The summed E-state index contributed by atoms with van der Waals surface area (Å²) in [6.07, 6.45) is 7.69. The van der Waals surface area contributed by atoms with Crippen LogP contribution < -0.4 is 5.56 Å². The molecule has 4 aromatic rings. The van der Waals surface area contributed by atoms with E-state index in [1.165, 1.54) is 22.3 Å². The average molecular weight is 439 g/mol. The minimum absolute atomic E-state index is 0.0211. The van der Waals surface area contributed by atoms with Crippen LogP contribution in [0.25, 0.3) is 15.5 Å². The maximum atomic E-state index is 12.6. The Labute approximate surface area is 180 Å². The molecule has 1 aliphatic rings. The summed E-state index contributed by atoms with van der Waals surface area (Å²) in [7, 11) is 0. The Morgan fingerprint density at radius 1 is 1.20 bits per heavy atom. The van der Waals surface area contributed by atoms with Gasteiger partial charge in [0.1, 0.15) is 11.6 Å². The van der Waals surface area contributed by atoms with Crippen LogP contribution in [0.1, 0.15) is 34.8 Å². The van der Waals surface area contributed by atoms with Crippen molar-refractivity contribution in [3.8, 4) is 10.6 Å². The molecule has 7 nitrogen and oxygen atoms in total. The van der Waals surface area contributed by atoms with Crippen LogP contribution in [0, 0.1) is 0 Å². The van der Waals surface area contributed by atoms with Crippen molar-refractivity contribution in [2.75, 3.05) is 0 Å². The summed E-state index contributed by atoms with van der Waals surface area (Å²) in [5.41, 5.74) is 3.03. The first-order valence-corrected chi connectivity index (χ1v) is 11.4. The molecule has 152 valence electrons. The molecule has 0 spiro atoms. The van der Waals surface area contributed by atoms with Crippen LogP contribution in [-0.4, -0.2) is 25.3 Å². The van der Waals surface area contributed by atoms with Gasteiger partial charge in [0, 0.05) is 40.0 Å². The minimum Gasteiger partial charge on any atom is -0.459 e. The summed E-state index contributed by atoms with van der Waals surface area (Å²) >= 11 is 3.02. The topological polar surface area (TPSA) is 86.5 Å². The molecule has 4 aromatic heterocycles. The van der Waals surface area contributed by atoms with Crippen LogP contribution >= 0.6 is 22.7 Å². The minimum atomic E-state index is -0.398. The molecule has 0 N–H and O–H groups in total. The fourth-order valence-electron chi connectivity index (χ4n) is 3.58. The molecule has 0 aromatic carbocycles. The third-order valence-electron chi connectivity index (χ3n) is 4.98. The van der Waals surface area contributed by atoms with Gasteiger partial charge in [-0.3, -0.25) is 19.0 Å². The maximum absolute atomic E-state index is 12.6. The van der Waals surface area contributed by atoms with Crippen LogP contribution in [-0.2, 0) is 35.4 Å². The number of thiazole rings is 2. The first kappa shape index (κ1) is 19.1. The lowest BCUT2D eigenvalue weighted by molar-refractivity contribution is -0.144. The molecule has 30 heavy (non-hydrogen) atoms. The number of rotatable bonds is 5. The van der Waals surface area contributed by atoms with Gasteiger partial charge in [0.15, 0.2) is 4.96 Å². The van der Waals surface area contributed by atoms with E-state index >= 15 is 0 Å². The van der Waals surface area contributed by atoms with Gasteiger partial charge in [-0.15, -0.1) is 22.7 Å². The van der Waals surface area contributed by atoms with E-state index in [2.05, 4.69) is 15.0 Å². The van der Waals surface area contributed by atoms with E-state index in [-0.39, 0.29) is 18.6 Å². The van der Waals surface area contributed by atoms with Gasteiger partial charge in [0.25, 0.3) is 5.56 Å². The number of fused-ring (bicyclic) bond motifs is 3. The highest BCUT2D eigenvalue weighted by Crippen LogP contribution is 2.28. The monoisotopic (exact) mass is 438 g/mol. The summed E-state index contributed by atoms with van der Waals surface area (Å²) in [6.45, 7) is -0.0211. The third kappa shape index (κ3) is 3.78. The molecular weight excluding hydrogens is 420 g/mol. The average Bonchev–Trinajstić information content (AvgIpc) is 3.37. The van der Waals surface area contributed by atoms with Crippen molar-refractivity contribution in [1.82, 2.24) is 19.4 Å². The summed E-state index contributed by atoms with van der Waals surface area (Å²) in [5.74, 6) is -0.398. The van der Waals surface area contributed by atoms with E-state index in [9.17, 15) is 9.59 Å². The Bertz CT molecular complexity index is 1280. The number of hydrogen-bond acceptors (Lipinski definition) is 8. The molecule has 0 fully saturated rings. The van der Waals surface area contributed by atoms with Gasteiger partial charge >= 0.3 is 5.97 Å². The molecule has 4 heterocycles. The van der Waals surface area contributed by atoms with E-state index in [1.54, 1.807) is 28.1 Å². The van der Waals surface area contributed by atoms with E-state index in [1.807, 2.05) is 17.5 Å². The quantitative estimate of drug-likeness (QED) is 0.444. The van der Waals surface area contributed by atoms with Crippen LogP contribution in [0.3, 0.4) is 0 Å². The van der Waals surface area contributed by atoms with Crippen molar-refractivity contribution in [1.29, 1.82) is 0 Å². The predicted octanol–water partition coefficient (Wildman–Crippen LogP) is 3.44. The molecular formula is C21H18N4O3S2. The van der Waals surface area contributed by atoms with Gasteiger partial charge in [0.2, 0.25) is 0 Å². The lowest BCUT2D eigenvalue weighted by Gasteiger charge is -2.10. The van der Waals surface area contributed by atoms with Gasteiger partial charge < -0.3 is 4.74 Å². The molecule has 9 heteroatoms. The summed E-state index contributed by atoms with van der Waals surface area (Å²) in [6, 6.07) is 5.24. The van der Waals surface area contributed by atoms with Crippen LogP contribution in [0.2, 0.25) is 0 Å². The van der Waals surface area contributed by atoms with Gasteiger partial charge in [0.05, 0.1) is 17.8 Å². The number of aromatic nitrogens is 4. The van der Waals surface area contributed by atoms with Crippen molar-refractivity contribution < 1.29 is 9.53 Å².